The van der Waals surface area contributed by atoms with Gasteiger partial charge in [0.2, 0.25) is 0 Å². The summed E-state index contributed by atoms with van der Waals surface area (Å²) in [5.74, 6) is -0.461. The number of hydrogen-bond acceptors (Lipinski definition) is 4. The van der Waals surface area contributed by atoms with Crippen molar-refractivity contribution >= 4 is 5.97 Å². The molecule has 12 heavy (non-hydrogen) atoms. The van der Waals surface area contributed by atoms with Crippen LogP contribution in [0.25, 0.3) is 0 Å². The topological polar surface area (TPSA) is 87.3 Å². The van der Waals surface area contributed by atoms with Crippen molar-refractivity contribution in [3.63, 3.8) is 0 Å². The third-order valence-corrected chi connectivity index (χ3v) is 0.874. The first-order valence-corrected chi connectivity index (χ1v) is 3.29. The zero-order valence-electron chi connectivity index (χ0n) is 6.78. The Morgan fingerprint density at radius 3 is 2.58 bits per heavy atom. The summed E-state index contributed by atoms with van der Waals surface area (Å²) in [6, 6.07) is 0. The zero-order valence-corrected chi connectivity index (χ0v) is 6.78. The quantitative estimate of drug-likeness (QED) is 0.317. The number of aliphatic hydroxyl groups excluding tert-OH is 1. The fraction of sp³-hybridized carbons (Fsp3) is 0.571. The van der Waals surface area contributed by atoms with Gasteiger partial charge in [0.1, 0.15) is 6.61 Å². The standard InChI is InChI=1S/C7H12O4.H2O/c1-2-7(9)11-6-5-10-4-3-8;/h2,8H,1,3-6H2;1H2. The van der Waals surface area contributed by atoms with Gasteiger partial charge >= 0.3 is 5.97 Å². The van der Waals surface area contributed by atoms with E-state index in [4.69, 9.17) is 9.84 Å². The Kier molecular flexibility index (Phi) is 11.5. The molecule has 0 unspecified atom stereocenters. The van der Waals surface area contributed by atoms with Crippen LogP contribution in [0.1, 0.15) is 0 Å². The number of carbonyl (C=O) groups is 1. The molecule has 0 radical (unpaired) electrons. The van der Waals surface area contributed by atoms with Crippen LogP contribution in [0.4, 0.5) is 0 Å². The Morgan fingerprint density at radius 2 is 2.08 bits per heavy atom. The number of rotatable bonds is 6. The van der Waals surface area contributed by atoms with Crippen LogP contribution in [0.3, 0.4) is 0 Å². The van der Waals surface area contributed by atoms with Crippen LogP contribution >= 0.6 is 0 Å². The summed E-state index contributed by atoms with van der Waals surface area (Å²) in [4.78, 5) is 10.4. The van der Waals surface area contributed by atoms with Gasteiger partial charge in [0, 0.05) is 6.08 Å². The Morgan fingerprint density at radius 1 is 1.42 bits per heavy atom. The number of carbonyl (C=O) groups excluding carboxylic acids is 1. The second kappa shape index (κ2) is 10.1. The van der Waals surface area contributed by atoms with E-state index in [1.54, 1.807) is 0 Å². The summed E-state index contributed by atoms with van der Waals surface area (Å²) in [6.45, 7) is 3.98. The number of ether oxygens (including phenoxy) is 2. The van der Waals surface area contributed by atoms with E-state index in [9.17, 15) is 4.79 Å². The molecular formula is C7H14O5. The second-order valence-corrected chi connectivity index (χ2v) is 1.71. The molecule has 0 aliphatic carbocycles. The van der Waals surface area contributed by atoms with Crippen LogP contribution in [-0.2, 0) is 14.3 Å². The van der Waals surface area contributed by atoms with Crippen molar-refractivity contribution in [2.24, 2.45) is 0 Å². The maximum Gasteiger partial charge on any atom is 0.330 e. The number of esters is 1. The van der Waals surface area contributed by atoms with Crippen LogP contribution in [-0.4, -0.2) is 43.0 Å². The lowest BCUT2D eigenvalue weighted by Gasteiger charge is -2.01. The van der Waals surface area contributed by atoms with E-state index in [0.717, 1.165) is 6.08 Å². The molecule has 5 heteroatoms. The molecule has 0 amide bonds. The van der Waals surface area contributed by atoms with Crippen LogP contribution < -0.4 is 0 Å². The molecule has 0 heterocycles. The summed E-state index contributed by atoms with van der Waals surface area (Å²) < 4.78 is 9.39. The van der Waals surface area contributed by atoms with E-state index in [1.807, 2.05) is 0 Å². The third-order valence-electron chi connectivity index (χ3n) is 0.874. The van der Waals surface area contributed by atoms with Gasteiger partial charge in [-0.25, -0.2) is 4.79 Å². The average Bonchev–Trinajstić information content (AvgIpc) is 2.04. The first-order chi connectivity index (χ1) is 5.31. The summed E-state index contributed by atoms with van der Waals surface area (Å²) in [6.07, 6.45) is 1.09. The van der Waals surface area contributed by atoms with Crippen LogP contribution in [0.15, 0.2) is 12.7 Å². The second-order valence-electron chi connectivity index (χ2n) is 1.71. The Hall–Kier alpha value is -0.910. The largest absolute Gasteiger partial charge is 0.460 e. The van der Waals surface area contributed by atoms with Crippen LogP contribution in [0, 0.1) is 0 Å². The van der Waals surface area contributed by atoms with Crippen molar-refractivity contribution in [2.45, 2.75) is 0 Å². The van der Waals surface area contributed by atoms with Gasteiger partial charge in [0.15, 0.2) is 0 Å². The smallest absolute Gasteiger partial charge is 0.330 e. The van der Waals surface area contributed by atoms with Crippen molar-refractivity contribution < 1.29 is 24.9 Å². The molecule has 0 rings (SSSR count). The normalized spacial score (nSPS) is 8.42. The van der Waals surface area contributed by atoms with Gasteiger partial charge in [-0.3, -0.25) is 0 Å². The Bertz CT molecular complexity index is 123. The van der Waals surface area contributed by atoms with Crippen molar-refractivity contribution in [1.82, 2.24) is 0 Å². The van der Waals surface area contributed by atoms with Crippen LogP contribution in [0.5, 0.6) is 0 Å². The van der Waals surface area contributed by atoms with E-state index in [1.165, 1.54) is 0 Å². The molecule has 0 saturated carbocycles. The minimum absolute atomic E-state index is 0. The predicted molar refractivity (Wildman–Crippen MR) is 42.7 cm³/mol. The number of aliphatic hydroxyl groups is 1. The van der Waals surface area contributed by atoms with Crippen molar-refractivity contribution in [3.8, 4) is 0 Å². The molecule has 0 aliphatic rings. The van der Waals surface area contributed by atoms with Gasteiger partial charge in [-0.15, -0.1) is 0 Å². The monoisotopic (exact) mass is 178 g/mol. The van der Waals surface area contributed by atoms with Crippen LogP contribution in [0.2, 0.25) is 0 Å². The molecule has 0 spiro atoms. The molecule has 0 aromatic carbocycles. The highest BCUT2D eigenvalue weighted by Crippen LogP contribution is 1.80. The highest BCUT2D eigenvalue weighted by atomic mass is 16.6. The minimum atomic E-state index is -0.461. The Balaban J connectivity index is 0. The molecule has 0 atom stereocenters. The third kappa shape index (κ3) is 9.09. The van der Waals surface area contributed by atoms with Gasteiger partial charge in [0.05, 0.1) is 19.8 Å². The summed E-state index contributed by atoms with van der Waals surface area (Å²) in [5.41, 5.74) is 0. The van der Waals surface area contributed by atoms with Gasteiger partial charge in [-0.1, -0.05) is 6.58 Å². The lowest BCUT2D eigenvalue weighted by molar-refractivity contribution is -0.139. The molecule has 5 nitrogen and oxygen atoms in total. The lowest BCUT2D eigenvalue weighted by Crippen LogP contribution is -2.09. The van der Waals surface area contributed by atoms with E-state index < -0.39 is 5.97 Å². The van der Waals surface area contributed by atoms with Gasteiger partial charge < -0.3 is 20.1 Å². The molecule has 72 valence electrons. The average molecular weight is 178 g/mol. The highest BCUT2D eigenvalue weighted by molar-refractivity contribution is 5.81. The summed E-state index contributed by atoms with van der Waals surface area (Å²) in [7, 11) is 0. The van der Waals surface area contributed by atoms with E-state index in [2.05, 4.69) is 11.3 Å². The van der Waals surface area contributed by atoms with Crippen molar-refractivity contribution in [3.05, 3.63) is 12.7 Å². The molecule has 0 bridgehead atoms. The zero-order chi connectivity index (χ0) is 8.53. The molecular weight excluding hydrogens is 164 g/mol. The van der Waals surface area contributed by atoms with Crippen molar-refractivity contribution in [2.75, 3.05) is 26.4 Å². The lowest BCUT2D eigenvalue weighted by atomic mass is 10.6. The first kappa shape index (κ1) is 13.7. The summed E-state index contributed by atoms with van der Waals surface area (Å²) >= 11 is 0. The minimum Gasteiger partial charge on any atom is -0.460 e. The molecule has 0 aliphatic heterocycles. The van der Waals surface area contributed by atoms with Gasteiger partial charge in [-0.2, -0.15) is 0 Å². The number of hydrogen-bond donors (Lipinski definition) is 1. The molecule has 0 aromatic heterocycles. The SMILES string of the molecule is C=CC(=O)OCCOCCO.O. The molecule has 3 N–H and O–H groups in total. The van der Waals surface area contributed by atoms with Gasteiger partial charge in [-0.05, 0) is 0 Å². The van der Waals surface area contributed by atoms with E-state index >= 15 is 0 Å². The maximum atomic E-state index is 10.4. The highest BCUT2D eigenvalue weighted by Gasteiger charge is 1.93. The fourth-order valence-electron chi connectivity index (χ4n) is 0.427. The van der Waals surface area contributed by atoms with E-state index in [-0.39, 0.29) is 25.3 Å². The Labute approximate surface area is 70.9 Å². The summed E-state index contributed by atoms with van der Waals surface area (Å²) in [5, 5.41) is 8.27. The maximum absolute atomic E-state index is 10.4. The fourth-order valence-corrected chi connectivity index (χ4v) is 0.427. The first-order valence-electron chi connectivity index (χ1n) is 3.29. The van der Waals surface area contributed by atoms with Crippen molar-refractivity contribution in [1.29, 1.82) is 0 Å². The molecule has 0 fully saturated rings. The predicted octanol–water partition coefficient (Wildman–Crippen LogP) is -1.10. The van der Waals surface area contributed by atoms with E-state index in [0.29, 0.717) is 6.61 Å². The van der Waals surface area contributed by atoms with Gasteiger partial charge in [0.25, 0.3) is 0 Å². The molecule has 0 aromatic rings. The molecule has 0 saturated heterocycles.